The van der Waals surface area contributed by atoms with Crippen LogP contribution in [0.5, 0.6) is 0 Å². The van der Waals surface area contributed by atoms with Crippen molar-refractivity contribution in [3.8, 4) is 0 Å². The first kappa shape index (κ1) is 15.2. The lowest BCUT2D eigenvalue weighted by Crippen LogP contribution is -2.46. The van der Waals surface area contributed by atoms with Gasteiger partial charge in [-0.05, 0) is 24.1 Å². The molecular weight excluding hydrogens is 300 g/mol. The van der Waals surface area contributed by atoms with Crippen molar-refractivity contribution in [3.63, 3.8) is 0 Å². The molecule has 24 heavy (non-hydrogen) atoms. The summed E-state index contributed by atoms with van der Waals surface area (Å²) in [5.41, 5.74) is 3.52. The van der Waals surface area contributed by atoms with Crippen molar-refractivity contribution >= 4 is 17.0 Å². The minimum atomic E-state index is 0.175. The van der Waals surface area contributed by atoms with E-state index < -0.39 is 0 Å². The Morgan fingerprint density at radius 2 is 1.71 bits per heavy atom. The molecule has 5 nitrogen and oxygen atoms in total. The highest BCUT2D eigenvalue weighted by molar-refractivity contribution is 5.79. The van der Waals surface area contributed by atoms with E-state index in [0.29, 0.717) is 6.54 Å². The topological polar surface area (TPSA) is 44.5 Å². The van der Waals surface area contributed by atoms with E-state index in [0.717, 1.165) is 43.3 Å². The first-order valence-electron chi connectivity index (χ1n) is 8.42. The third-order valence-corrected chi connectivity index (χ3v) is 4.56. The molecule has 0 atom stereocenters. The molecule has 124 valence electrons. The standard InChI is InChI=1S/C19H22N4O/c24-13-12-21-14-22(11-10-16-6-2-1-3-7-16)19-20-17-8-4-5-9-18(17)23(19)15-21/h1-9,24H,10-15H2. The van der Waals surface area contributed by atoms with Crippen LogP contribution in [-0.4, -0.2) is 45.9 Å². The summed E-state index contributed by atoms with van der Waals surface area (Å²) >= 11 is 0. The van der Waals surface area contributed by atoms with Crippen molar-refractivity contribution in [1.82, 2.24) is 14.5 Å². The maximum absolute atomic E-state index is 9.34. The molecule has 0 saturated heterocycles. The van der Waals surface area contributed by atoms with Crippen molar-refractivity contribution in [1.29, 1.82) is 0 Å². The minimum absolute atomic E-state index is 0.175. The molecule has 0 fully saturated rings. The van der Waals surface area contributed by atoms with Crippen LogP contribution in [0.15, 0.2) is 54.6 Å². The number of imidazole rings is 1. The number of β-amino-alcohol motifs (C(OH)–C–C–N with tert-alkyl or cyclic N) is 1. The van der Waals surface area contributed by atoms with Crippen molar-refractivity contribution in [2.24, 2.45) is 0 Å². The summed E-state index contributed by atoms with van der Waals surface area (Å²) in [7, 11) is 0. The van der Waals surface area contributed by atoms with Crippen LogP contribution in [0.4, 0.5) is 5.95 Å². The van der Waals surface area contributed by atoms with Crippen LogP contribution in [0, 0.1) is 0 Å². The number of fused-ring (bicyclic) bond motifs is 3. The van der Waals surface area contributed by atoms with E-state index in [2.05, 4.69) is 56.8 Å². The maximum atomic E-state index is 9.34. The first-order chi connectivity index (χ1) is 11.8. The number of aromatic nitrogens is 2. The van der Waals surface area contributed by atoms with Gasteiger partial charge in [0.25, 0.3) is 0 Å². The highest BCUT2D eigenvalue weighted by atomic mass is 16.3. The van der Waals surface area contributed by atoms with Crippen LogP contribution in [0.1, 0.15) is 5.56 Å². The molecular formula is C19H22N4O. The number of hydrogen-bond donors (Lipinski definition) is 1. The third-order valence-electron chi connectivity index (χ3n) is 4.56. The predicted octanol–water partition coefficient (Wildman–Crippen LogP) is 2.31. The van der Waals surface area contributed by atoms with Crippen LogP contribution in [0.25, 0.3) is 11.0 Å². The molecule has 1 aliphatic heterocycles. The molecule has 1 aromatic heterocycles. The third kappa shape index (κ3) is 2.88. The van der Waals surface area contributed by atoms with Crippen molar-refractivity contribution in [3.05, 3.63) is 60.2 Å². The Hall–Kier alpha value is -2.37. The Morgan fingerprint density at radius 3 is 2.54 bits per heavy atom. The number of anilines is 1. The molecule has 4 rings (SSSR count). The Morgan fingerprint density at radius 1 is 0.917 bits per heavy atom. The highest BCUT2D eigenvalue weighted by Crippen LogP contribution is 2.26. The largest absolute Gasteiger partial charge is 0.395 e. The van der Waals surface area contributed by atoms with Gasteiger partial charge in [0.1, 0.15) is 0 Å². The molecule has 2 heterocycles. The van der Waals surface area contributed by atoms with Crippen LogP contribution >= 0.6 is 0 Å². The van der Waals surface area contributed by atoms with Crippen molar-refractivity contribution < 1.29 is 5.11 Å². The van der Waals surface area contributed by atoms with E-state index in [1.807, 2.05) is 12.1 Å². The van der Waals surface area contributed by atoms with E-state index in [1.54, 1.807) is 0 Å². The molecule has 0 saturated carbocycles. The summed E-state index contributed by atoms with van der Waals surface area (Å²) in [6.45, 7) is 3.34. The Kier molecular flexibility index (Phi) is 4.19. The number of nitrogens with zero attached hydrogens (tertiary/aromatic N) is 4. The number of rotatable bonds is 5. The molecule has 0 spiro atoms. The zero-order chi connectivity index (χ0) is 16.4. The lowest BCUT2D eigenvalue weighted by atomic mass is 10.1. The summed E-state index contributed by atoms with van der Waals surface area (Å²) in [6, 6.07) is 18.8. The molecule has 1 N–H and O–H groups in total. The predicted molar refractivity (Wildman–Crippen MR) is 95.9 cm³/mol. The number of para-hydroxylation sites is 2. The van der Waals surface area contributed by atoms with Gasteiger partial charge in [-0.25, -0.2) is 4.98 Å². The molecule has 0 bridgehead atoms. The van der Waals surface area contributed by atoms with Gasteiger partial charge in [0.2, 0.25) is 5.95 Å². The van der Waals surface area contributed by atoms with Crippen LogP contribution < -0.4 is 4.90 Å². The van der Waals surface area contributed by atoms with Gasteiger partial charge in [0.15, 0.2) is 0 Å². The number of benzene rings is 2. The quantitative estimate of drug-likeness (QED) is 0.783. The lowest BCUT2D eigenvalue weighted by molar-refractivity contribution is 0.153. The van der Waals surface area contributed by atoms with E-state index in [4.69, 9.17) is 4.98 Å². The first-order valence-corrected chi connectivity index (χ1v) is 8.42. The van der Waals surface area contributed by atoms with Gasteiger partial charge < -0.3 is 10.0 Å². The van der Waals surface area contributed by atoms with Crippen molar-refractivity contribution in [2.45, 2.75) is 13.1 Å². The second kappa shape index (κ2) is 6.63. The average molecular weight is 322 g/mol. The fourth-order valence-corrected chi connectivity index (χ4v) is 3.36. The Balaban J connectivity index is 1.63. The zero-order valence-corrected chi connectivity index (χ0v) is 13.7. The number of hydrogen-bond acceptors (Lipinski definition) is 4. The lowest BCUT2D eigenvalue weighted by Gasteiger charge is -2.37. The second-order valence-corrected chi connectivity index (χ2v) is 6.23. The normalized spacial score (nSPS) is 15.0. The summed E-state index contributed by atoms with van der Waals surface area (Å²) in [6.07, 6.45) is 0.983. The van der Waals surface area contributed by atoms with Crippen LogP contribution in [0.2, 0.25) is 0 Å². The Labute approximate surface area is 141 Å². The fraction of sp³-hybridized carbons (Fsp3) is 0.316. The van der Waals surface area contributed by atoms with Gasteiger partial charge in [0, 0.05) is 13.1 Å². The smallest absolute Gasteiger partial charge is 0.208 e. The number of aliphatic hydroxyl groups is 1. The van der Waals surface area contributed by atoms with Gasteiger partial charge >= 0.3 is 0 Å². The zero-order valence-electron chi connectivity index (χ0n) is 13.7. The SMILES string of the molecule is OCCN1CN(CCc2ccccc2)c2nc3ccccc3n2C1. The second-order valence-electron chi connectivity index (χ2n) is 6.23. The average Bonchev–Trinajstić information content (AvgIpc) is 3.00. The van der Waals surface area contributed by atoms with Gasteiger partial charge in [-0.2, -0.15) is 0 Å². The number of aliphatic hydroxyl groups excluding tert-OH is 1. The molecule has 0 radical (unpaired) electrons. The van der Waals surface area contributed by atoms with Gasteiger partial charge in [-0.1, -0.05) is 42.5 Å². The summed E-state index contributed by atoms with van der Waals surface area (Å²) in [5, 5.41) is 9.34. The van der Waals surface area contributed by atoms with Crippen molar-refractivity contribution in [2.75, 3.05) is 31.3 Å². The summed E-state index contributed by atoms with van der Waals surface area (Å²) < 4.78 is 2.25. The van der Waals surface area contributed by atoms with Gasteiger partial charge in [-0.3, -0.25) is 9.47 Å². The van der Waals surface area contributed by atoms with E-state index in [9.17, 15) is 5.11 Å². The summed E-state index contributed by atoms with van der Waals surface area (Å²) in [5.74, 6) is 1.03. The van der Waals surface area contributed by atoms with Crippen LogP contribution in [0.3, 0.4) is 0 Å². The van der Waals surface area contributed by atoms with E-state index in [-0.39, 0.29) is 6.61 Å². The molecule has 0 amide bonds. The molecule has 2 aromatic carbocycles. The maximum Gasteiger partial charge on any atom is 0.208 e. The highest BCUT2D eigenvalue weighted by Gasteiger charge is 2.25. The fourth-order valence-electron chi connectivity index (χ4n) is 3.36. The minimum Gasteiger partial charge on any atom is -0.395 e. The molecule has 3 aromatic rings. The molecule has 0 aliphatic carbocycles. The van der Waals surface area contributed by atoms with Gasteiger partial charge in [0.05, 0.1) is 31.0 Å². The van der Waals surface area contributed by atoms with Gasteiger partial charge in [-0.15, -0.1) is 0 Å². The molecule has 0 unspecified atom stereocenters. The summed E-state index contributed by atoms with van der Waals surface area (Å²) in [4.78, 5) is 9.41. The molecule has 5 heteroatoms. The Bertz CT molecular complexity index is 815. The molecule has 1 aliphatic rings. The van der Waals surface area contributed by atoms with Crippen LogP contribution in [-0.2, 0) is 13.1 Å². The van der Waals surface area contributed by atoms with E-state index >= 15 is 0 Å². The monoisotopic (exact) mass is 322 g/mol. The van der Waals surface area contributed by atoms with E-state index in [1.165, 1.54) is 5.56 Å².